The molecule has 0 radical (unpaired) electrons. The third kappa shape index (κ3) is 4.24. The summed E-state index contributed by atoms with van der Waals surface area (Å²) in [4.78, 5) is 0. The second-order valence-electron chi connectivity index (χ2n) is 6.30. The highest BCUT2D eigenvalue weighted by molar-refractivity contribution is 7.98. The van der Waals surface area contributed by atoms with E-state index < -0.39 is 0 Å². The zero-order valence-electron chi connectivity index (χ0n) is 14.1. The first kappa shape index (κ1) is 16.6. The molecule has 1 aliphatic carbocycles. The normalized spacial score (nSPS) is 16.6. The van der Waals surface area contributed by atoms with E-state index in [4.69, 9.17) is 0 Å². The zero-order chi connectivity index (χ0) is 16.9. The smallest absolute Gasteiger partial charge is 0.0573 e. The summed E-state index contributed by atoms with van der Waals surface area (Å²) in [6, 6.07) is 15.6. The molecule has 0 bridgehead atoms. The molecular weight excluding hydrogens is 340 g/mol. The standard InChI is InChI=1S/C23H20S2/c1-2-6-18(5-1)9-10-19-11-12-22-16-24-14-20-7-3-4-8-21(20)15-25-17-23(22)13-19/h1-8,11-13,18H,14-17H2. The van der Waals surface area contributed by atoms with E-state index in [0.29, 0.717) is 0 Å². The minimum atomic E-state index is 0.273. The van der Waals surface area contributed by atoms with Crippen molar-refractivity contribution in [3.05, 3.63) is 94.6 Å². The molecule has 2 aromatic rings. The third-order valence-electron chi connectivity index (χ3n) is 4.49. The van der Waals surface area contributed by atoms with Crippen LogP contribution >= 0.6 is 23.5 Å². The van der Waals surface area contributed by atoms with Crippen LogP contribution in [0, 0.1) is 17.8 Å². The molecule has 0 aromatic heterocycles. The lowest BCUT2D eigenvalue weighted by molar-refractivity contribution is 1.15. The molecule has 2 aromatic carbocycles. The van der Waals surface area contributed by atoms with E-state index in [0.717, 1.165) is 28.6 Å². The minimum absolute atomic E-state index is 0.273. The second kappa shape index (κ2) is 8.04. The van der Waals surface area contributed by atoms with E-state index in [1.807, 2.05) is 23.5 Å². The van der Waals surface area contributed by atoms with Crippen LogP contribution in [-0.4, -0.2) is 0 Å². The van der Waals surface area contributed by atoms with Gasteiger partial charge in [-0.2, -0.15) is 23.5 Å². The Morgan fingerprint density at radius 2 is 1.32 bits per heavy atom. The number of benzene rings is 2. The fourth-order valence-corrected chi connectivity index (χ4v) is 5.25. The van der Waals surface area contributed by atoms with E-state index in [-0.39, 0.29) is 5.92 Å². The summed E-state index contributed by atoms with van der Waals surface area (Å²) in [5.41, 5.74) is 7.02. The fourth-order valence-electron chi connectivity index (χ4n) is 3.05. The molecular formula is C23H20S2. The predicted molar refractivity (Wildman–Crippen MR) is 112 cm³/mol. The fraction of sp³-hybridized carbons (Fsp3) is 0.217. The van der Waals surface area contributed by atoms with Crippen molar-refractivity contribution in [2.45, 2.75) is 23.0 Å². The second-order valence-corrected chi connectivity index (χ2v) is 8.27. The molecule has 1 heterocycles. The molecule has 0 fully saturated rings. The molecule has 0 amide bonds. The van der Waals surface area contributed by atoms with Gasteiger partial charge in [-0.25, -0.2) is 0 Å². The Morgan fingerprint density at radius 1 is 0.720 bits per heavy atom. The molecule has 0 nitrogen and oxygen atoms in total. The minimum Gasteiger partial charge on any atom is -0.152 e. The molecule has 0 saturated heterocycles. The maximum absolute atomic E-state index is 3.35. The lowest BCUT2D eigenvalue weighted by Crippen LogP contribution is -1.98. The number of hydrogen-bond donors (Lipinski definition) is 0. The monoisotopic (exact) mass is 360 g/mol. The van der Waals surface area contributed by atoms with Gasteiger partial charge in [0.05, 0.1) is 5.92 Å². The molecule has 2 aliphatic rings. The van der Waals surface area contributed by atoms with Crippen molar-refractivity contribution in [2.24, 2.45) is 5.92 Å². The lowest BCUT2D eigenvalue weighted by atomic mass is 10.1. The van der Waals surface area contributed by atoms with Crippen molar-refractivity contribution in [1.82, 2.24) is 0 Å². The highest BCUT2D eigenvalue weighted by Gasteiger charge is 2.10. The van der Waals surface area contributed by atoms with Crippen molar-refractivity contribution in [1.29, 1.82) is 0 Å². The topological polar surface area (TPSA) is 0 Å². The summed E-state index contributed by atoms with van der Waals surface area (Å²) >= 11 is 4.02. The van der Waals surface area contributed by atoms with Gasteiger partial charge in [-0.05, 0) is 34.4 Å². The molecule has 0 unspecified atom stereocenters. The first-order chi connectivity index (χ1) is 12.4. The van der Waals surface area contributed by atoms with Gasteiger partial charge in [0.15, 0.2) is 0 Å². The molecule has 124 valence electrons. The van der Waals surface area contributed by atoms with Crippen LogP contribution in [0.1, 0.15) is 27.8 Å². The Morgan fingerprint density at radius 3 is 2.00 bits per heavy atom. The summed E-state index contributed by atoms with van der Waals surface area (Å²) in [5, 5.41) is 0. The molecule has 25 heavy (non-hydrogen) atoms. The van der Waals surface area contributed by atoms with Crippen molar-refractivity contribution in [3.63, 3.8) is 0 Å². The van der Waals surface area contributed by atoms with Crippen LogP contribution in [0.15, 0.2) is 66.8 Å². The Kier molecular flexibility index (Phi) is 5.35. The van der Waals surface area contributed by atoms with Crippen molar-refractivity contribution < 1.29 is 0 Å². The number of allylic oxidation sites excluding steroid dienone is 4. The van der Waals surface area contributed by atoms with Gasteiger partial charge in [0, 0.05) is 28.6 Å². The van der Waals surface area contributed by atoms with E-state index >= 15 is 0 Å². The molecule has 0 saturated carbocycles. The average Bonchev–Trinajstić information content (AvgIpc) is 3.16. The van der Waals surface area contributed by atoms with Gasteiger partial charge < -0.3 is 0 Å². The molecule has 0 atom stereocenters. The Bertz CT molecular complexity index is 868. The van der Waals surface area contributed by atoms with Crippen LogP contribution in [0.5, 0.6) is 0 Å². The average molecular weight is 361 g/mol. The van der Waals surface area contributed by atoms with E-state index in [2.05, 4.69) is 78.6 Å². The van der Waals surface area contributed by atoms with Crippen molar-refractivity contribution in [2.75, 3.05) is 0 Å². The van der Waals surface area contributed by atoms with E-state index in [1.165, 1.54) is 22.3 Å². The van der Waals surface area contributed by atoms with Gasteiger partial charge in [-0.15, -0.1) is 0 Å². The Hall–Kier alpha value is -1.82. The van der Waals surface area contributed by atoms with Crippen LogP contribution in [0.3, 0.4) is 0 Å². The van der Waals surface area contributed by atoms with Gasteiger partial charge >= 0.3 is 0 Å². The summed E-state index contributed by atoms with van der Waals surface area (Å²) in [6.07, 6.45) is 8.41. The van der Waals surface area contributed by atoms with Crippen molar-refractivity contribution in [3.8, 4) is 11.8 Å². The molecule has 2 heteroatoms. The zero-order valence-corrected chi connectivity index (χ0v) is 15.7. The van der Waals surface area contributed by atoms with Crippen LogP contribution in [0.4, 0.5) is 0 Å². The predicted octanol–water partition coefficient (Wildman–Crippen LogP) is 5.96. The van der Waals surface area contributed by atoms with Gasteiger partial charge in [-0.1, -0.05) is 66.5 Å². The molecule has 1 aliphatic heterocycles. The van der Waals surface area contributed by atoms with Crippen LogP contribution < -0.4 is 0 Å². The largest absolute Gasteiger partial charge is 0.152 e. The summed E-state index contributed by atoms with van der Waals surface area (Å²) in [7, 11) is 0. The molecule has 4 rings (SSSR count). The lowest BCUT2D eigenvalue weighted by Gasteiger charge is -2.15. The maximum atomic E-state index is 3.35. The Labute approximate surface area is 158 Å². The van der Waals surface area contributed by atoms with Crippen molar-refractivity contribution >= 4 is 23.5 Å². The summed E-state index contributed by atoms with van der Waals surface area (Å²) < 4.78 is 0. The third-order valence-corrected chi connectivity index (χ3v) is 6.55. The number of thioether (sulfide) groups is 2. The molecule has 0 spiro atoms. The highest BCUT2D eigenvalue weighted by atomic mass is 32.2. The molecule has 0 N–H and O–H groups in total. The Balaban J connectivity index is 1.54. The van der Waals surface area contributed by atoms with Crippen LogP contribution in [0.25, 0.3) is 0 Å². The maximum Gasteiger partial charge on any atom is 0.0573 e. The van der Waals surface area contributed by atoms with Gasteiger partial charge in [-0.3, -0.25) is 0 Å². The summed E-state index contributed by atoms with van der Waals surface area (Å²) in [5.74, 6) is 11.3. The van der Waals surface area contributed by atoms with E-state index in [1.54, 1.807) is 0 Å². The highest BCUT2D eigenvalue weighted by Crippen LogP contribution is 2.30. The van der Waals surface area contributed by atoms with Gasteiger partial charge in [0.25, 0.3) is 0 Å². The van der Waals surface area contributed by atoms with Crippen LogP contribution in [0.2, 0.25) is 0 Å². The number of fused-ring (bicyclic) bond motifs is 2. The quantitative estimate of drug-likeness (QED) is 0.532. The van der Waals surface area contributed by atoms with Gasteiger partial charge in [0.2, 0.25) is 0 Å². The van der Waals surface area contributed by atoms with E-state index in [9.17, 15) is 0 Å². The van der Waals surface area contributed by atoms with Gasteiger partial charge in [0.1, 0.15) is 0 Å². The SMILES string of the molecule is C(#CC1C=CC=C1)c1ccc2c(c1)CSCc1ccccc1CSC2. The van der Waals surface area contributed by atoms with Crippen LogP contribution in [-0.2, 0) is 23.0 Å². The number of hydrogen-bond acceptors (Lipinski definition) is 2. The number of rotatable bonds is 0. The summed E-state index contributed by atoms with van der Waals surface area (Å²) in [6.45, 7) is 0. The first-order valence-corrected chi connectivity index (χ1v) is 10.9. The first-order valence-electron chi connectivity index (χ1n) is 8.59.